The fraction of sp³-hybridized carbons (Fsp3) is 0.333. The van der Waals surface area contributed by atoms with Gasteiger partial charge in [-0.05, 0) is 24.4 Å². The van der Waals surface area contributed by atoms with Crippen molar-refractivity contribution in [1.82, 2.24) is 14.9 Å². The number of morpholine rings is 1. The monoisotopic (exact) mass is 378 g/mol. The van der Waals surface area contributed by atoms with Crippen LogP contribution in [0, 0.1) is 0 Å². The number of nitrogens with zero attached hydrogens (tertiary/aromatic N) is 3. The van der Waals surface area contributed by atoms with Crippen LogP contribution in [-0.4, -0.2) is 54.3 Å². The number of nitrogens with one attached hydrogen (secondary N) is 2. The Bertz CT molecular complexity index is 920. The number of ether oxygens (including phenoxy) is 1. The number of hydrogen-bond acceptors (Lipinski definition) is 7. The minimum absolute atomic E-state index is 0.529. The molecule has 7 heteroatoms. The van der Waals surface area contributed by atoms with Crippen LogP contribution >= 0.6 is 0 Å². The van der Waals surface area contributed by atoms with Crippen molar-refractivity contribution in [2.75, 3.05) is 55.8 Å². The minimum Gasteiger partial charge on any atom is -0.393 e. The highest BCUT2D eigenvalue weighted by molar-refractivity contribution is 5.96. The molecule has 2 heterocycles. The van der Waals surface area contributed by atoms with Crippen LogP contribution < -0.4 is 16.4 Å². The summed E-state index contributed by atoms with van der Waals surface area (Å²) in [5.41, 5.74) is 7.83. The highest BCUT2D eigenvalue weighted by Gasteiger charge is 2.11. The molecule has 1 aromatic heterocycles. The fourth-order valence-corrected chi connectivity index (χ4v) is 3.43. The molecule has 2 aromatic carbocycles. The first-order chi connectivity index (χ1) is 13.8. The van der Waals surface area contributed by atoms with E-state index in [-0.39, 0.29) is 0 Å². The van der Waals surface area contributed by atoms with Gasteiger partial charge in [0, 0.05) is 30.7 Å². The minimum atomic E-state index is 0.529. The lowest BCUT2D eigenvalue weighted by molar-refractivity contribution is 0.0378. The zero-order valence-corrected chi connectivity index (χ0v) is 15.9. The number of fused-ring (bicyclic) bond motifs is 1. The Morgan fingerprint density at radius 3 is 2.68 bits per heavy atom. The molecule has 0 spiro atoms. The van der Waals surface area contributed by atoms with Gasteiger partial charge in [0.1, 0.15) is 12.0 Å². The molecule has 0 aliphatic carbocycles. The Balaban J connectivity index is 1.40. The summed E-state index contributed by atoms with van der Waals surface area (Å²) in [6.45, 7) is 5.53. The molecule has 7 nitrogen and oxygen atoms in total. The van der Waals surface area contributed by atoms with Crippen LogP contribution in [-0.2, 0) is 4.74 Å². The van der Waals surface area contributed by atoms with Gasteiger partial charge in [0.05, 0.1) is 13.2 Å². The van der Waals surface area contributed by atoms with Crippen molar-refractivity contribution in [3.8, 4) is 0 Å². The van der Waals surface area contributed by atoms with E-state index in [2.05, 4.69) is 43.7 Å². The molecule has 1 saturated heterocycles. The summed E-state index contributed by atoms with van der Waals surface area (Å²) in [5.74, 6) is 1.28. The third kappa shape index (κ3) is 4.32. The third-order valence-corrected chi connectivity index (χ3v) is 4.97. The molecule has 0 amide bonds. The number of benzene rings is 2. The number of aromatic nitrogens is 2. The van der Waals surface area contributed by atoms with Crippen LogP contribution in [0.3, 0.4) is 0 Å². The van der Waals surface area contributed by atoms with Crippen LogP contribution in [0.4, 0.5) is 23.0 Å². The van der Waals surface area contributed by atoms with Crippen LogP contribution in [0.1, 0.15) is 6.42 Å². The second-order valence-corrected chi connectivity index (χ2v) is 6.87. The van der Waals surface area contributed by atoms with E-state index in [0.717, 1.165) is 56.9 Å². The number of nitrogens with two attached hydrogens (primary N) is 1. The lowest BCUT2D eigenvalue weighted by Gasteiger charge is -2.26. The van der Waals surface area contributed by atoms with Gasteiger partial charge in [-0.2, -0.15) is 0 Å². The maximum absolute atomic E-state index is 6.32. The van der Waals surface area contributed by atoms with Gasteiger partial charge < -0.3 is 21.1 Å². The molecule has 1 aliphatic heterocycles. The van der Waals surface area contributed by atoms with E-state index < -0.39 is 0 Å². The Hall–Kier alpha value is -2.90. The predicted molar refractivity (Wildman–Crippen MR) is 114 cm³/mol. The summed E-state index contributed by atoms with van der Waals surface area (Å²) in [6, 6.07) is 14.4. The number of nitrogen functional groups attached to an aromatic ring is 1. The molecule has 1 aliphatic rings. The molecule has 1 fully saturated rings. The van der Waals surface area contributed by atoms with E-state index in [1.165, 1.54) is 11.7 Å². The number of anilines is 4. The second-order valence-electron chi connectivity index (χ2n) is 6.87. The molecule has 3 aromatic rings. The summed E-state index contributed by atoms with van der Waals surface area (Å²) in [7, 11) is 0. The average molecular weight is 378 g/mol. The zero-order chi connectivity index (χ0) is 19.2. The SMILES string of the molecule is Nc1c(NCCCN2CCOCC2)ncnc1Nc1cccc2ccccc12. The predicted octanol–water partition coefficient (Wildman–Crippen LogP) is 3.09. The Morgan fingerprint density at radius 1 is 1.00 bits per heavy atom. The van der Waals surface area contributed by atoms with Gasteiger partial charge in [0.2, 0.25) is 0 Å². The zero-order valence-electron chi connectivity index (χ0n) is 15.9. The van der Waals surface area contributed by atoms with Crippen molar-refractivity contribution in [3.63, 3.8) is 0 Å². The van der Waals surface area contributed by atoms with Crippen LogP contribution in [0.25, 0.3) is 10.8 Å². The van der Waals surface area contributed by atoms with Gasteiger partial charge in [-0.1, -0.05) is 36.4 Å². The maximum Gasteiger partial charge on any atom is 0.159 e. The first kappa shape index (κ1) is 18.5. The molecule has 4 N–H and O–H groups in total. The number of rotatable bonds is 7. The number of hydrogen-bond donors (Lipinski definition) is 3. The van der Waals surface area contributed by atoms with E-state index in [4.69, 9.17) is 10.5 Å². The van der Waals surface area contributed by atoms with Gasteiger partial charge in [-0.25, -0.2) is 9.97 Å². The molecule has 0 saturated carbocycles. The molecule has 0 unspecified atom stereocenters. The molecule has 0 atom stereocenters. The summed E-state index contributed by atoms with van der Waals surface area (Å²) < 4.78 is 5.38. The van der Waals surface area contributed by atoms with Crippen molar-refractivity contribution >= 4 is 33.8 Å². The van der Waals surface area contributed by atoms with E-state index in [1.807, 2.05) is 24.3 Å². The van der Waals surface area contributed by atoms with Crippen molar-refractivity contribution < 1.29 is 4.74 Å². The smallest absolute Gasteiger partial charge is 0.159 e. The van der Waals surface area contributed by atoms with E-state index in [1.54, 1.807) is 0 Å². The Morgan fingerprint density at radius 2 is 1.79 bits per heavy atom. The lowest BCUT2D eigenvalue weighted by atomic mass is 10.1. The fourth-order valence-electron chi connectivity index (χ4n) is 3.43. The van der Waals surface area contributed by atoms with Gasteiger partial charge in [0.25, 0.3) is 0 Å². The van der Waals surface area contributed by atoms with Crippen LogP contribution in [0.2, 0.25) is 0 Å². The normalized spacial score (nSPS) is 14.9. The molecule has 4 rings (SSSR count). The highest BCUT2D eigenvalue weighted by Crippen LogP contribution is 2.29. The second kappa shape index (κ2) is 8.86. The average Bonchev–Trinajstić information content (AvgIpc) is 2.74. The topological polar surface area (TPSA) is 88.3 Å². The summed E-state index contributed by atoms with van der Waals surface area (Å²) in [4.78, 5) is 11.1. The van der Waals surface area contributed by atoms with Gasteiger partial charge in [0.15, 0.2) is 11.6 Å². The van der Waals surface area contributed by atoms with Crippen molar-refractivity contribution in [2.45, 2.75) is 6.42 Å². The first-order valence-corrected chi connectivity index (χ1v) is 9.70. The molecular weight excluding hydrogens is 352 g/mol. The van der Waals surface area contributed by atoms with Crippen LogP contribution in [0.5, 0.6) is 0 Å². The van der Waals surface area contributed by atoms with Gasteiger partial charge in [-0.15, -0.1) is 0 Å². The van der Waals surface area contributed by atoms with Crippen LogP contribution in [0.15, 0.2) is 48.8 Å². The van der Waals surface area contributed by atoms with Gasteiger partial charge >= 0.3 is 0 Å². The Labute approximate surface area is 164 Å². The van der Waals surface area contributed by atoms with E-state index in [9.17, 15) is 0 Å². The summed E-state index contributed by atoms with van der Waals surface area (Å²) in [5, 5.41) is 9.00. The molecule has 28 heavy (non-hydrogen) atoms. The van der Waals surface area contributed by atoms with E-state index >= 15 is 0 Å². The first-order valence-electron chi connectivity index (χ1n) is 9.70. The molecule has 0 bridgehead atoms. The molecule has 146 valence electrons. The third-order valence-electron chi connectivity index (χ3n) is 4.97. The van der Waals surface area contributed by atoms with E-state index in [0.29, 0.717) is 17.3 Å². The maximum atomic E-state index is 6.32. The lowest BCUT2D eigenvalue weighted by Crippen LogP contribution is -2.37. The summed E-state index contributed by atoms with van der Waals surface area (Å²) in [6.07, 6.45) is 2.56. The standard InChI is InChI=1S/C21H26N6O/c22-19-20(23-9-4-10-27-11-13-28-14-12-27)24-15-25-21(19)26-18-8-3-6-16-5-1-2-7-17(16)18/h1-3,5-8,15H,4,9-14,22H2,(H2,23,24,25,26). The van der Waals surface area contributed by atoms with Gasteiger partial charge in [-0.3, -0.25) is 4.90 Å². The molecular formula is C21H26N6O. The van der Waals surface area contributed by atoms with Crippen molar-refractivity contribution in [1.29, 1.82) is 0 Å². The largest absolute Gasteiger partial charge is 0.393 e. The highest BCUT2D eigenvalue weighted by atomic mass is 16.5. The van der Waals surface area contributed by atoms with Crippen molar-refractivity contribution in [3.05, 3.63) is 48.8 Å². The molecule has 0 radical (unpaired) electrons. The summed E-state index contributed by atoms with van der Waals surface area (Å²) >= 11 is 0. The quantitative estimate of drug-likeness (QED) is 0.545. The van der Waals surface area contributed by atoms with Crippen molar-refractivity contribution in [2.24, 2.45) is 0 Å². The Kier molecular flexibility index (Phi) is 5.84.